The fraction of sp³-hybridized carbons (Fsp3) is 0.909. The number of carbonyl (C=O) groups excluding carboxylic acids is 1. The van der Waals surface area contributed by atoms with Crippen molar-refractivity contribution in [2.75, 3.05) is 26.3 Å². The number of nitrogens with two attached hydrogens (primary N) is 1. The summed E-state index contributed by atoms with van der Waals surface area (Å²) in [5.74, 6) is -0.281. The van der Waals surface area contributed by atoms with Gasteiger partial charge in [-0.05, 0) is 19.4 Å². The van der Waals surface area contributed by atoms with Gasteiger partial charge in [-0.15, -0.1) is 0 Å². The Bertz CT molecular complexity index is 223. The first-order chi connectivity index (χ1) is 8.45. The molecule has 108 valence electrons. The second kappa shape index (κ2) is 10.1. The summed E-state index contributed by atoms with van der Waals surface area (Å²) in [4.78, 5) is 11.2. The molecule has 0 aliphatic carbocycles. The monoisotopic (exact) mass is 270 g/mol. The van der Waals surface area contributed by atoms with Crippen LogP contribution in [0.4, 0.5) is 13.2 Å². The van der Waals surface area contributed by atoms with Crippen molar-refractivity contribution < 1.29 is 22.7 Å². The van der Waals surface area contributed by atoms with Crippen LogP contribution in [0, 0.1) is 0 Å². The maximum Gasteiger partial charge on any atom is 0.411 e. The third kappa shape index (κ3) is 13.2. The van der Waals surface area contributed by atoms with Gasteiger partial charge in [-0.1, -0.05) is 12.8 Å². The van der Waals surface area contributed by atoms with Crippen LogP contribution in [0.15, 0.2) is 0 Å². The van der Waals surface area contributed by atoms with Crippen LogP contribution in [-0.4, -0.2) is 38.4 Å². The zero-order valence-corrected chi connectivity index (χ0v) is 10.4. The number of hydrogen-bond acceptors (Lipinski definition) is 3. The Hall–Kier alpha value is -0.820. The first-order valence-corrected chi connectivity index (χ1v) is 6.07. The second-order valence-corrected chi connectivity index (χ2v) is 3.97. The summed E-state index contributed by atoms with van der Waals surface area (Å²) in [6.07, 6.45) is -0.532. The molecule has 0 rings (SSSR count). The molecule has 4 nitrogen and oxygen atoms in total. The molecule has 0 heterocycles. The predicted molar refractivity (Wildman–Crippen MR) is 62.0 cm³/mol. The van der Waals surface area contributed by atoms with Crippen LogP contribution in [0.25, 0.3) is 0 Å². The number of unbranched alkanes of at least 4 members (excludes halogenated alkanes) is 3. The lowest BCUT2D eigenvalue weighted by Gasteiger charge is -2.08. The summed E-state index contributed by atoms with van der Waals surface area (Å²) < 4.78 is 39.4. The average molecular weight is 270 g/mol. The summed E-state index contributed by atoms with van der Waals surface area (Å²) >= 11 is 0. The minimum absolute atomic E-state index is 0.0428. The molecule has 0 aliphatic rings. The molecule has 7 heteroatoms. The van der Waals surface area contributed by atoms with E-state index in [0.717, 1.165) is 25.7 Å². The van der Waals surface area contributed by atoms with E-state index in [9.17, 15) is 18.0 Å². The minimum Gasteiger partial charge on any atom is -0.372 e. The standard InChI is InChI=1S/C11H21F3N2O2/c12-11(13,14)9-18-8-5-10(17)16-7-4-2-1-3-6-15/h1-9,15H2,(H,16,17). The van der Waals surface area contributed by atoms with Gasteiger partial charge in [0.15, 0.2) is 0 Å². The molecule has 0 bridgehead atoms. The van der Waals surface area contributed by atoms with Crippen molar-refractivity contribution in [3.63, 3.8) is 0 Å². The fourth-order valence-corrected chi connectivity index (χ4v) is 1.29. The molecule has 0 aliphatic heterocycles. The van der Waals surface area contributed by atoms with Crippen LogP contribution >= 0.6 is 0 Å². The molecule has 0 saturated heterocycles. The molecule has 0 spiro atoms. The first kappa shape index (κ1) is 17.2. The van der Waals surface area contributed by atoms with Crippen LogP contribution in [-0.2, 0) is 9.53 Å². The van der Waals surface area contributed by atoms with Gasteiger partial charge in [0, 0.05) is 13.0 Å². The van der Waals surface area contributed by atoms with Crippen molar-refractivity contribution in [3.05, 3.63) is 0 Å². The van der Waals surface area contributed by atoms with E-state index in [1.54, 1.807) is 0 Å². The van der Waals surface area contributed by atoms with Crippen LogP contribution in [0.2, 0.25) is 0 Å². The Morgan fingerprint density at radius 2 is 1.83 bits per heavy atom. The van der Waals surface area contributed by atoms with Gasteiger partial charge in [0.25, 0.3) is 0 Å². The van der Waals surface area contributed by atoms with Crippen LogP contribution in [0.5, 0.6) is 0 Å². The highest BCUT2D eigenvalue weighted by Gasteiger charge is 2.27. The van der Waals surface area contributed by atoms with E-state index >= 15 is 0 Å². The molecule has 0 radical (unpaired) electrons. The van der Waals surface area contributed by atoms with Crippen molar-refractivity contribution in [2.45, 2.75) is 38.3 Å². The largest absolute Gasteiger partial charge is 0.411 e. The minimum atomic E-state index is -4.33. The van der Waals surface area contributed by atoms with E-state index in [1.165, 1.54) is 0 Å². The lowest BCUT2D eigenvalue weighted by molar-refractivity contribution is -0.174. The molecular formula is C11H21F3N2O2. The maximum atomic E-state index is 11.7. The van der Waals surface area contributed by atoms with Gasteiger partial charge in [0.05, 0.1) is 6.61 Å². The van der Waals surface area contributed by atoms with Crippen molar-refractivity contribution >= 4 is 5.91 Å². The topological polar surface area (TPSA) is 64.3 Å². The lowest BCUT2D eigenvalue weighted by atomic mass is 10.2. The van der Waals surface area contributed by atoms with Crippen LogP contribution in [0.1, 0.15) is 32.1 Å². The summed E-state index contributed by atoms with van der Waals surface area (Å²) in [6, 6.07) is 0. The van der Waals surface area contributed by atoms with Gasteiger partial charge in [0.2, 0.25) is 5.91 Å². The Labute approximate surface area is 105 Å². The Kier molecular flexibility index (Phi) is 9.67. The smallest absolute Gasteiger partial charge is 0.372 e. The van der Waals surface area contributed by atoms with Gasteiger partial charge >= 0.3 is 6.18 Å². The number of carbonyl (C=O) groups is 1. The van der Waals surface area contributed by atoms with Gasteiger partial charge in [-0.25, -0.2) is 0 Å². The molecule has 0 fully saturated rings. The van der Waals surface area contributed by atoms with E-state index < -0.39 is 12.8 Å². The average Bonchev–Trinajstić information content (AvgIpc) is 2.28. The van der Waals surface area contributed by atoms with Gasteiger partial charge in [0.1, 0.15) is 6.61 Å². The zero-order chi connectivity index (χ0) is 13.9. The number of amides is 1. The molecule has 0 saturated carbocycles. The highest BCUT2D eigenvalue weighted by Crippen LogP contribution is 2.14. The quantitative estimate of drug-likeness (QED) is 0.592. The number of nitrogens with one attached hydrogen (secondary N) is 1. The Balaban J connectivity index is 3.28. The summed E-state index contributed by atoms with van der Waals surface area (Å²) in [6.45, 7) is -0.302. The number of ether oxygens (including phenoxy) is 1. The predicted octanol–water partition coefficient (Wildman–Crippen LogP) is 1.59. The number of rotatable bonds is 10. The van der Waals surface area contributed by atoms with Crippen molar-refractivity contribution in [1.29, 1.82) is 0 Å². The van der Waals surface area contributed by atoms with Gasteiger partial charge in [-0.3, -0.25) is 4.79 Å². The zero-order valence-electron chi connectivity index (χ0n) is 10.4. The lowest BCUT2D eigenvalue weighted by Crippen LogP contribution is -2.26. The van der Waals surface area contributed by atoms with Crippen molar-refractivity contribution in [1.82, 2.24) is 5.32 Å². The molecular weight excluding hydrogens is 249 g/mol. The molecule has 0 aromatic heterocycles. The van der Waals surface area contributed by atoms with Crippen molar-refractivity contribution in [2.24, 2.45) is 5.73 Å². The molecule has 0 aromatic rings. The third-order valence-corrected chi connectivity index (χ3v) is 2.19. The molecule has 1 amide bonds. The first-order valence-electron chi connectivity index (χ1n) is 6.07. The number of hydrogen-bond donors (Lipinski definition) is 2. The Morgan fingerprint density at radius 1 is 1.17 bits per heavy atom. The van der Waals surface area contributed by atoms with Gasteiger partial charge in [-0.2, -0.15) is 13.2 Å². The summed E-state index contributed by atoms with van der Waals surface area (Å²) in [7, 11) is 0. The fourth-order valence-electron chi connectivity index (χ4n) is 1.29. The van der Waals surface area contributed by atoms with Gasteiger partial charge < -0.3 is 15.8 Å². The van der Waals surface area contributed by atoms with E-state index in [0.29, 0.717) is 13.1 Å². The third-order valence-electron chi connectivity index (χ3n) is 2.19. The highest BCUT2D eigenvalue weighted by atomic mass is 19.4. The Morgan fingerprint density at radius 3 is 2.44 bits per heavy atom. The van der Waals surface area contributed by atoms with Crippen LogP contribution in [0.3, 0.4) is 0 Å². The van der Waals surface area contributed by atoms with Crippen LogP contribution < -0.4 is 11.1 Å². The van der Waals surface area contributed by atoms with Crippen molar-refractivity contribution in [3.8, 4) is 0 Å². The van der Waals surface area contributed by atoms with E-state index in [4.69, 9.17) is 5.73 Å². The summed E-state index contributed by atoms with van der Waals surface area (Å²) in [5.41, 5.74) is 5.33. The number of alkyl halides is 3. The SMILES string of the molecule is NCCCCCCNC(=O)CCOCC(F)(F)F. The maximum absolute atomic E-state index is 11.7. The van der Waals surface area contributed by atoms with E-state index in [2.05, 4.69) is 10.1 Å². The molecule has 3 N–H and O–H groups in total. The van der Waals surface area contributed by atoms with E-state index in [-0.39, 0.29) is 18.9 Å². The molecule has 18 heavy (non-hydrogen) atoms. The molecule has 0 aromatic carbocycles. The number of halogens is 3. The normalized spacial score (nSPS) is 11.6. The highest BCUT2D eigenvalue weighted by molar-refractivity contribution is 5.75. The summed E-state index contributed by atoms with van der Waals surface area (Å²) in [5, 5.41) is 2.63. The van der Waals surface area contributed by atoms with E-state index in [1.807, 2.05) is 0 Å². The molecule has 0 atom stereocenters. The molecule has 0 unspecified atom stereocenters. The second-order valence-electron chi connectivity index (χ2n) is 3.97.